The predicted octanol–water partition coefficient (Wildman–Crippen LogP) is 1.40. The molecule has 0 spiro atoms. The monoisotopic (exact) mass is 290 g/mol. The molecule has 8 nitrogen and oxygen atoms in total. The van der Waals surface area contributed by atoms with Crippen molar-refractivity contribution in [2.75, 3.05) is 12.8 Å². The van der Waals surface area contributed by atoms with Crippen molar-refractivity contribution in [2.45, 2.75) is 13.0 Å². The Balaban J connectivity index is 2.05. The van der Waals surface area contributed by atoms with Gasteiger partial charge in [0.15, 0.2) is 5.69 Å². The van der Waals surface area contributed by atoms with Crippen molar-refractivity contribution in [1.82, 2.24) is 9.55 Å². The van der Waals surface area contributed by atoms with E-state index < -0.39 is 10.9 Å². The maximum absolute atomic E-state index is 11.4. The van der Waals surface area contributed by atoms with Crippen LogP contribution in [0.3, 0.4) is 0 Å². The number of nitrogens with zero attached hydrogens (tertiary/aromatic N) is 3. The lowest BCUT2D eigenvalue weighted by atomic mass is 10.1. The molecule has 0 aliphatic heterocycles. The highest BCUT2D eigenvalue weighted by Crippen LogP contribution is 2.15. The number of anilines is 1. The number of non-ortho nitro benzene ring substituents is 1. The maximum Gasteiger partial charge on any atom is 0.360 e. The van der Waals surface area contributed by atoms with Gasteiger partial charge in [0.05, 0.1) is 18.4 Å². The minimum absolute atomic E-state index is 0.0499. The molecule has 0 aliphatic rings. The molecule has 0 fully saturated rings. The molecule has 2 aromatic rings. The highest BCUT2D eigenvalue weighted by atomic mass is 16.6. The summed E-state index contributed by atoms with van der Waals surface area (Å²) < 4.78 is 6.20. The summed E-state index contributed by atoms with van der Waals surface area (Å²) in [5.74, 6) is -0.342. The van der Waals surface area contributed by atoms with E-state index in [1.54, 1.807) is 16.7 Å². The molecule has 21 heavy (non-hydrogen) atoms. The quantitative estimate of drug-likeness (QED) is 0.506. The molecule has 0 atom stereocenters. The number of carbonyl (C=O) groups is 1. The molecule has 2 rings (SSSR count). The van der Waals surface area contributed by atoms with Gasteiger partial charge < -0.3 is 15.0 Å². The molecule has 0 aliphatic carbocycles. The maximum atomic E-state index is 11.4. The second-order valence-electron chi connectivity index (χ2n) is 4.34. The molecule has 0 saturated heterocycles. The SMILES string of the molecule is COC(=O)c1ncn(CCc2ccc([N+](=O)[O-])cc2)c1N. The summed E-state index contributed by atoms with van der Waals surface area (Å²) >= 11 is 0. The summed E-state index contributed by atoms with van der Waals surface area (Å²) in [4.78, 5) is 25.4. The van der Waals surface area contributed by atoms with Crippen LogP contribution in [0, 0.1) is 10.1 Å². The van der Waals surface area contributed by atoms with Crippen LogP contribution in [0.4, 0.5) is 11.5 Å². The van der Waals surface area contributed by atoms with E-state index in [-0.39, 0.29) is 17.2 Å². The average Bonchev–Trinajstić information content (AvgIpc) is 2.86. The van der Waals surface area contributed by atoms with Crippen molar-refractivity contribution in [2.24, 2.45) is 0 Å². The van der Waals surface area contributed by atoms with E-state index in [0.29, 0.717) is 13.0 Å². The van der Waals surface area contributed by atoms with Crippen LogP contribution >= 0.6 is 0 Å². The average molecular weight is 290 g/mol. The first-order valence-electron chi connectivity index (χ1n) is 6.15. The summed E-state index contributed by atoms with van der Waals surface area (Å²) in [5.41, 5.74) is 6.88. The molecular formula is C13H14N4O4. The zero-order valence-corrected chi connectivity index (χ0v) is 11.4. The van der Waals surface area contributed by atoms with Crippen LogP contribution in [0.1, 0.15) is 16.1 Å². The van der Waals surface area contributed by atoms with E-state index in [0.717, 1.165) is 5.56 Å². The molecule has 1 aromatic carbocycles. The Morgan fingerprint density at radius 3 is 2.67 bits per heavy atom. The summed E-state index contributed by atoms with van der Waals surface area (Å²) in [6.45, 7) is 0.508. The Labute approximate surface area is 120 Å². The first-order chi connectivity index (χ1) is 10.0. The number of imidazole rings is 1. The highest BCUT2D eigenvalue weighted by Gasteiger charge is 2.15. The number of benzene rings is 1. The van der Waals surface area contributed by atoms with E-state index in [2.05, 4.69) is 9.72 Å². The predicted molar refractivity (Wildman–Crippen MR) is 74.8 cm³/mol. The third-order valence-corrected chi connectivity index (χ3v) is 3.05. The van der Waals surface area contributed by atoms with Gasteiger partial charge in [-0.3, -0.25) is 10.1 Å². The van der Waals surface area contributed by atoms with Gasteiger partial charge in [-0.2, -0.15) is 0 Å². The second kappa shape index (κ2) is 6.04. The number of aromatic nitrogens is 2. The standard InChI is InChI=1S/C13H14N4O4/c1-21-13(18)11-12(14)16(8-15-11)7-6-9-2-4-10(5-3-9)17(19)20/h2-5,8H,6-7,14H2,1H3. The fraction of sp³-hybridized carbons (Fsp3) is 0.231. The minimum atomic E-state index is -0.582. The number of ether oxygens (including phenoxy) is 1. The second-order valence-corrected chi connectivity index (χ2v) is 4.34. The summed E-state index contributed by atoms with van der Waals surface area (Å²) in [7, 11) is 1.26. The molecule has 0 unspecified atom stereocenters. The highest BCUT2D eigenvalue weighted by molar-refractivity contribution is 5.92. The van der Waals surface area contributed by atoms with Gasteiger partial charge >= 0.3 is 5.97 Å². The number of nitrogen functional groups attached to an aromatic ring is 1. The van der Waals surface area contributed by atoms with Crippen molar-refractivity contribution >= 4 is 17.5 Å². The largest absolute Gasteiger partial charge is 0.464 e. The first kappa shape index (κ1) is 14.5. The lowest BCUT2D eigenvalue weighted by Crippen LogP contribution is -2.09. The Hall–Kier alpha value is -2.90. The van der Waals surface area contributed by atoms with Gasteiger partial charge in [-0.1, -0.05) is 12.1 Å². The zero-order chi connectivity index (χ0) is 15.4. The Morgan fingerprint density at radius 1 is 1.43 bits per heavy atom. The van der Waals surface area contributed by atoms with Gasteiger partial charge in [0.25, 0.3) is 5.69 Å². The number of carbonyl (C=O) groups excluding carboxylic acids is 1. The number of rotatable bonds is 5. The van der Waals surface area contributed by atoms with Gasteiger partial charge in [0.1, 0.15) is 5.82 Å². The number of esters is 1. The van der Waals surface area contributed by atoms with Crippen LogP contribution in [-0.4, -0.2) is 27.6 Å². The summed E-state index contributed by atoms with van der Waals surface area (Å²) in [6, 6.07) is 6.28. The number of nitro groups is 1. The molecule has 0 saturated carbocycles. The molecule has 0 bridgehead atoms. The zero-order valence-electron chi connectivity index (χ0n) is 11.4. The third-order valence-electron chi connectivity index (χ3n) is 3.05. The van der Waals surface area contributed by atoms with E-state index in [1.807, 2.05) is 0 Å². The van der Waals surface area contributed by atoms with Gasteiger partial charge in [-0.05, 0) is 12.0 Å². The van der Waals surface area contributed by atoms with Gasteiger partial charge in [0.2, 0.25) is 0 Å². The van der Waals surface area contributed by atoms with Crippen LogP contribution in [0.15, 0.2) is 30.6 Å². The summed E-state index contributed by atoms with van der Waals surface area (Å²) in [6.07, 6.45) is 2.08. The number of methoxy groups -OCH3 is 1. The van der Waals surface area contributed by atoms with Crippen LogP contribution < -0.4 is 5.73 Å². The minimum Gasteiger partial charge on any atom is -0.464 e. The smallest absolute Gasteiger partial charge is 0.360 e. The Morgan fingerprint density at radius 2 is 2.10 bits per heavy atom. The molecule has 2 N–H and O–H groups in total. The normalized spacial score (nSPS) is 10.3. The molecule has 1 aromatic heterocycles. The molecule has 8 heteroatoms. The lowest BCUT2D eigenvalue weighted by molar-refractivity contribution is -0.384. The van der Waals surface area contributed by atoms with Gasteiger partial charge in [-0.25, -0.2) is 9.78 Å². The fourth-order valence-corrected chi connectivity index (χ4v) is 1.86. The van der Waals surface area contributed by atoms with Crippen molar-refractivity contribution in [3.05, 3.63) is 52.0 Å². The molecule has 110 valence electrons. The number of nitro benzene ring substituents is 1. The topological polar surface area (TPSA) is 113 Å². The van der Waals surface area contributed by atoms with Crippen LogP contribution in [-0.2, 0) is 17.7 Å². The fourth-order valence-electron chi connectivity index (χ4n) is 1.86. The number of hydrogen-bond donors (Lipinski definition) is 1. The first-order valence-corrected chi connectivity index (χ1v) is 6.15. The van der Waals surface area contributed by atoms with E-state index in [4.69, 9.17) is 5.73 Å². The number of nitrogens with two attached hydrogens (primary N) is 1. The third kappa shape index (κ3) is 3.16. The summed E-state index contributed by atoms with van der Waals surface area (Å²) in [5, 5.41) is 10.6. The van der Waals surface area contributed by atoms with E-state index in [1.165, 1.54) is 25.6 Å². The van der Waals surface area contributed by atoms with Crippen LogP contribution in [0.2, 0.25) is 0 Å². The molecule has 0 radical (unpaired) electrons. The van der Waals surface area contributed by atoms with Crippen molar-refractivity contribution in [3.8, 4) is 0 Å². The Bertz CT molecular complexity index is 663. The Kier molecular flexibility index (Phi) is 4.17. The van der Waals surface area contributed by atoms with Crippen molar-refractivity contribution < 1.29 is 14.5 Å². The molecule has 1 heterocycles. The number of aryl methyl sites for hydroxylation is 2. The van der Waals surface area contributed by atoms with E-state index in [9.17, 15) is 14.9 Å². The molecular weight excluding hydrogens is 276 g/mol. The number of hydrogen-bond acceptors (Lipinski definition) is 6. The van der Waals surface area contributed by atoms with E-state index >= 15 is 0 Å². The van der Waals surface area contributed by atoms with Crippen LogP contribution in [0.5, 0.6) is 0 Å². The van der Waals surface area contributed by atoms with Gasteiger partial charge in [-0.15, -0.1) is 0 Å². The van der Waals surface area contributed by atoms with Crippen LogP contribution in [0.25, 0.3) is 0 Å². The van der Waals surface area contributed by atoms with Crippen molar-refractivity contribution in [1.29, 1.82) is 0 Å². The molecule has 0 amide bonds. The van der Waals surface area contributed by atoms with Gasteiger partial charge in [0, 0.05) is 18.7 Å². The lowest BCUT2D eigenvalue weighted by Gasteiger charge is -2.05. The van der Waals surface area contributed by atoms with Crippen molar-refractivity contribution in [3.63, 3.8) is 0 Å².